The summed E-state index contributed by atoms with van der Waals surface area (Å²) in [7, 11) is 3.24. The van der Waals surface area contributed by atoms with Gasteiger partial charge in [0.05, 0.1) is 25.6 Å². The smallest absolute Gasteiger partial charge is 0.310 e. The minimum absolute atomic E-state index is 0.0161. The minimum atomic E-state index is -3.33. The molecule has 1 unspecified atom stereocenters. The highest BCUT2D eigenvalue weighted by molar-refractivity contribution is 7.99. The number of rotatable bonds is 9. The molecule has 2 heterocycles. The number of thioether (sulfide) groups is 1. The second kappa shape index (κ2) is 15.1. The van der Waals surface area contributed by atoms with Crippen molar-refractivity contribution in [3.8, 4) is 11.5 Å². The molecule has 8 rings (SSSR count). The number of amidine groups is 1. The van der Waals surface area contributed by atoms with E-state index in [2.05, 4.69) is 5.32 Å². The zero-order valence-electron chi connectivity index (χ0n) is 30.4. The quantitative estimate of drug-likeness (QED) is 0.118. The first-order chi connectivity index (χ1) is 26.8. The van der Waals surface area contributed by atoms with E-state index in [9.17, 15) is 0 Å². The standard InChI is InChI=1S/C46H39F2N3O3S/c1-52-38-23-18-35(19-24-38)46(34-16-10-5-11-17-34,36-20-25-39(53-2)26-21-36)51-43-50-44(45(47,48)31-54-43)28-29-55-41-27-22-37(30-40(41)44)49-42(32-12-6-3-7-13-32)33-14-8-4-9-15-33/h3-27,30H,28-29,31H2,1-2H3,(H,50,51). The van der Waals surface area contributed by atoms with E-state index in [0.717, 1.165) is 38.4 Å². The van der Waals surface area contributed by atoms with E-state index in [-0.39, 0.29) is 12.4 Å². The van der Waals surface area contributed by atoms with Gasteiger partial charge in [0.15, 0.2) is 12.1 Å². The third-order valence-corrected chi connectivity index (χ3v) is 11.4. The van der Waals surface area contributed by atoms with E-state index in [1.54, 1.807) is 32.0 Å². The first-order valence-corrected chi connectivity index (χ1v) is 19.0. The number of benzene rings is 6. The van der Waals surface area contributed by atoms with Crippen LogP contribution in [0, 0.1) is 0 Å². The number of fused-ring (bicyclic) bond motifs is 2. The van der Waals surface area contributed by atoms with Crippen molar-refractivity contribution < 1.29 is 23.0 Å². The molecule has 0 saturated carbocycles. The SMILES string of the molecule is COc1ccc(C(NC2=NC3(CCSc4ccc(N=C(c5ccccc5)c5ccccc5)cc43)C(F)(F)CO2)(c2ccccc2)c2ccc(OC)cc2)cc1. The Kier molecular flexibility index (Phi) is 9.88. The van der Waals surface area contributed by atoms with Crippen LogP contribution in [0.25, 0.3) is 0 Å². The lowest BCUT2D eigenvalue weighted by Crippen LogP contribution is -2.57. The van der Waals surface area contributed by atoms with Gasteiger partial charge in [-0.15, -0.1) is 11.8 Å². The number of aliphatic imine (C=N–C) groups is 2. The van der Waals surface area contributed by atoms with E-state index in [0.29, 0.717) is 28.5 Å². The molecular formula is C46H39F2N3O3S. The number of alkyl halides is 2. The Hall–Kier alpha value is -5.93. The van der Waals surface area contributed by atoms with Crippen molar-refractivity contribution in [3.63, 3.8) is 0 Å². The number of nitrogens with one attached hydrogen (secondary N) is 1. The van der Waals surface area contributed by atoms with Crippen molar-refractivity contribution in [2.45, 2.75) is 28.3 Å². The van der Waals surface area contributed by atoms with Crippen LogP contribution >= 0.6 is 11.8 Å². The Balaban J connectivity index is 1.30. The highest BCUT2D eigenvalue weighted by Crippen LogP contribution is 2.54. The molecule has 6 nitrogen and oxygen atoms in total. The summed E-state index contributed by atoms with van der Waals surface area (Å²) in [6.45, 7) is -0.855. The summed E-state index contributed by atoms with van der Waals surface area (Å²) in [4.78, 5) is 10.8. The molecule has 0 amide bonds. The van der Waals surface area contributed by atoms with Gasteiger partial charge in [0.1, 0.15) is 17.0 Å². The van der Waals surface area contributed by atoms with E-state index < -0.39 is 23.6 Å². The molecule has 2 aliphatic heterocycles. The number of nitrogens with zero attached hydrogens (tertiary/aromatic N) is 2. The van der Waals surface area contributed by atoms with Crippen LogP contribution in [0.2, 0.25) is 0 Å². The Bertz CT molecular complexity index is 2230. The topological polar surface area (TPSA) is 64.4 Å². The molecule has 276 valence electrons. The first kappa shape index (κ1) is 36.1. The lowest BCUT2D eigenvalue weighted by atomic mass is 9.76. The Morgan fingerprint density at radius 2 is 1.24 bits per heavy atom. The van der Waals surface area contributed by atoms with Crippen molar-refractivity contribution in [2.75, 3.05) is 26.6 Å². The van der Waals surface area contributed by atoms with Crippen LogP contribution in [0.1, 0.15) is 39.8 Å². The van der Waals surface area contributed by atoms with Gasteiger partial charge in [0, 0.05) is 27.3 Å². The molecule has 0 radical (unpaired) electrons. The lowest BCUT2D eigenvalue weighted by molar-refractivity contribution is -0.126. The maximum absolute atomic E-state index is 16.8. The zero-order valence-corrected chi connectivity index (χ0v) is 31.2. The summed E-state index contributed by atoms with van der Waals surface area (Å²) >= 11 is 1.55. The van der Waals surface area contributed by atoms with E-state index in [1.165, 1.54) is 0 Å². The molecule has 1 N–H and O–H groups in total. The summed E-state index contributed by atoms with van der Waals surface area (Å²) in [6, 6.07) is 50.6. The van der Waals surface area contributed by atoms with Crippen molar-refractivity contribution in [1.82, 2.24) is 5.32 Å². The van der Waals surface area contributed by atoms with Gasteiger partial charge in [-0.05, 0) is 65.6 Å². The molecule has 55 heavy (non-hydrogen) atoms. The first-order valence-electron chi connectivity index (χ1n) is 18.1. The summed E-state index contributed by atoms with van der Waals surface area (Å²) in [5.74, 6) is -1.50. The van der Waals surface area contributed by atoms with Gasteiger partial charge < -0.3 is 19.5 Å². The molecule has 0 fully saturated rings. The Morgan fingerprint density at radius 1 is 0.709 bits per heavy atom. The van der Waals surface area contributed by atoms with Gasteiger partial charge in [0.2, 0.25) is 0 Å². The molecule has 1 spiro atoms. The monoisotopic (exact) mass is 751 g/mol. The third-order valence-electron chi connectivity index (χ3n) is 10.3. The summed E-state index contributed by atoms with van der Waals surface area (Å²) in [5.41, 5.74) is 3.05. The van der Waals surface area contributed by atoms with Gasteiger partial charge in [-0.2, -0.15) is 8.78 Å². The molecule has 0 bridgehead atoms. The fourth-order valence-electron chi connectivity index (χ4n) is 7.47. The zero-order chi connectivity index (χ0) is 37.9. The molecule has 2 aliphatic rings. The highest BCUT2D eigenvalue weighted by Gasteiger charge is 2.60. The van der Waals surface area contributed by atoms with Crippen LogP contribution in [0.5, 0.6) is 11.5 Å². The van der Waals surface area contributed by atoms with Gasteiger partial charge in [-0.1, -0.05) is 115 Å². The van der Waals surface area contributed by atoms with Gasteiger partial charge in [-0.3, -0.25) is 0 Å². The molecule has 6 aromatic rings. The van der Waals surface area contributed by atoms with Crippen LogP contribution in [0.15, 0.2) is 173 Å². The van der Waals surface area contributed by atoms with Crippen LogP contribution in [0.3, 0.4) is 0 Å². The molecule has 1 atom stereocenters. The molecule has 0 aliphatic carbocycles. The van der Waals surface area contributed by atoms with Gasteiger partial charge in [0.25, 0.3) is 6.02 Å². The number of hydrogen-bond donors (Lipinski definition) is 1. The van der Waals surface area contributed by atoms with Crippen molar-refractivity contribution in [1.29, 1.82) is 0 Å². The average Bonchev–Trinajstić information content (AvgIpc) is 3.24. The predicted molar refractivity (Wildman–Crippen MR) is 215 cm³/mol. The van der Waals surface area contributed by atoms with E-state index in [4.69, 9.17) is 24.2 Å². The van der Waals surface area contributed by atoms with Crippen molar-refractivity contribution in [2.24, 2.45) is 9.98 Å². The Morgan fingerprint density at radius 3 is 1.78 bits per heavy atom. The fourth-order valence-corrected chi connectivity index (χ4v) is 8.63. The normalized spacial score (nSPS) is 17.3. The predicted octanol–water partition coefficient (Wildman–Crippen LogP) is 10.2. The number of ether oxygens (including phenoxy) is 3. The van der Waals surface area contributed by atoms with Crippen LogP contribution < -0.4 is 14.8 Å². The van der Waals surface area contributed by atoms with Crippen molar-refractivity contribution in [3.05, 3.63) is 191 Å². The van der Waals surface area contributed by atoms with Crippen LogP contribution in [-0.4, -0.2) is 44.2 Å². The minimum Gasteiger partial charge on any atom is -0.497 e. The molecule has 0 saturated heterocycles. The number of halogens is 2. The highest BCUT2D eigenvalue weighted by atomic mass is 32.2. The second-order valence-electron chi connectivity index (χ2n) is 13.4. The van der Waals surface area contributed by atoms with Crippen molar-refractivity contribution >= 4 is 29.2 Å². The number of hydrogen-bond acceptors (Lipinski definition) is 7. The second-order valence-corrected chi connectivity index (χ2v) is 14.6. The van der Waals surface area contributed by atoms with Crippen LogP contribution in [0.4, 0.5) is 14.5 Å². The van der Waals surface area contributed by atoms with Gasteiger partial charge >= 0.3 is 5.92 Å². The van der Waals surface area contributed by atoms with Crippen LogP contribution in [-0.2, 0) is 15.8 Å². The maximum atomic E-state index is 16.8. The van der Waals surface area contributed by atoms with Gasteiger partial charge in [-0.25, -0.2) is 9.98 Å². The van der Waals surface area contributed by atoms with E-state index >= 15 is 8.78 Å². The van der Waals surface area contributed by atoms with E-state index in [1.807, 2.05) is 152 Å². The lowest BCUT2D eigenvalue weighted by Gasteiger charge is -2.45. The third kappa shape index (κ3) is 6.74. The summed E-state index contributed by atoms with van der Waals surface area (Å²) in [6.07, 6.45) is 0.104. The molecular weight excluding hydrogens is 713 g/mol. The molecule has 6 aromatic carbocycles. The maximum Gasteiger partial charge on any atom is 0.310 e. The summed E-state index contributed by atoms with van der Waals surface area (Å²) < 4.78 is 50.5. The average molecular weight is 752 g/mol. The summed E-state index contributed by atoms with van der Waals surface area (Å²) in [5, 5.41) is 3.60. The largest absolute Gasteiger partial charge is 0.497 e. The molecule has 9 heteroatoms. The number of methoxy groups -OCH3 is 2. The Labute approximate surface area is 323 Å². The molecule has 0 aromatic heterocycles. The fraction of sp³-hybridized carbons (Fsp3) is 0.174.